The topological polar surface area (TPSA) is 165 Å². The highest BCUT2D eigenvalue weighted by Gasteiger charge is 2.48. The van der Waals surface area contributed by atoms with Crippen LogP contribution in [-0.2, 0) is 29.2 Å². The highest BCUT2D eigenvalue weighted by Crippen LogP contribution is 2.50. The zero-order valence-electron chi connectivity index (χ0n) is 33.9. The highest BCUT2D eigenvalue weighted by atomic mass is 16.6. The summed E-state index contributed by atoms with van der Waals surface area (Å²) >= 11 is 0. The molecule has 1 N–H and O–H groups in total. The maximum Gasteiger partial charge on any atom is 0.417 e. The van der Waals surface area contributed by atoms with E-state index in [0.717, 1.165) is 23.3 Å². The first kappa shape index (κ1) is 41.9. The Morgan fingerprint density at radius 1 is 0.889 bits per heavy atom. The van der Waals surface area contributed by atoms with Crippen molar-refractivity contribution in [2.75, 3.05) is 26.3 Å². The Labute approximate surface area is 318 Å². The molecule has 3 aromatic rings. The molecular formula is C41H57N5O8. The minimum atomic E-state index is -1.16. The van der Waals surface area contributed by atoms with Gasteiger partial charge < -0.3 is 23.9 Å². The van der Waals surface area contributed by atoms with Crippen molar-refractivity contribution in [2.24, 2.45) is 28.6 Å². The highest BCUT2D eigenvalue weighted by molar-refractivity contribution is 6.01. The molecule has 2 heterocycles. The molecule has 1 aromatic carbocycles. The van der Waals surface area contributed by atoms with Crippen LogP contribution in [0.5, 0.6) is 5.88 Å². The average molecular weight is 748 g/mol. The number of aromatic nitrogens is 3. The number of esters is 3. The van der Waals surface area contributed by atoms with Crippen molar-refractivity contribution in [3.63, 3.8) is 0 Å². The molecule has 294 valence electrons. The maximum absolute atomic E-state index is 14.6. The third-order valence-electron chi connectivity index (χ3n) is 10.1. The molecule has 54 heavy (non-hydrogen) atoms. The molecule has 2 atom stereocenters. The molecule has 1 aliphatic rings. The van der Waals surface area contributed by atoms with E-state index < -0.39 is 43.2 Å². The van der Waals surface area contributed by atoms with Crippen LogP contribution in [0.1, 0.15) is 117 Å². The van der Waals surface area contributed by atoms with Gasteiger partial charge in [-0.3, -0.25) is 14.5 Å². The van der Waals surface area contributed by atoms with Crippen molar-refractivity contribution >= 4 is 29.6 Å². The number of ether oxygens (including phenoxy) is 4. The van der Waals surface area contributed by atoms with Crippen LogP contribution >= 0.6 is 0 Å². The van der Waals surface area contributed by atoms with Crippen LogP contribution in [0.15, 0.2) is 24.3 Å². The first-order valence-electron chi connectivity index (χ1n) is 18.7. The lowest BCUT2D eigenvalue weighted by atomic mass is 9.59. The zero-order valence-corrected chi connectivity index (χ0v) is 33.9. The Balaban J connectivity index is 1.87. The van der Waals surface area contributed by atoms with Gasteiger partial charge in [-0.2, -0.15) is 9.78 Å². The molecule has 0 bridgehead atoms. The van der Waals surface area contributed by atoms with Crippen LogP contribution in [0.25, 0.3) is 17.0 Å². The summed E-state index contributed by atoms with van der Waals surface area (Å²) in [5.41, 5.74) is 0.932. The molecule has 1 amide bonds. The van der Waals surface area contributed by atoms with Gasteiger partial charge in [-0.25, -0.2) is 9.59 Å². The Morgan fingerprint density at radius 3 is 1.85 bits per heavy atom. The number of nitrogens with one attached hydrogen (secondary N) is 1. The van der Waals surface area contributed by atoms with Gasteiger partial charge in [-0.15, -0.1) is 5.10 Å². The van der Waals surface area contributed by atoms with Crippen LogP contribution in [0.2, 0.25) is 0 Å². The lowest BCUT2D eigenvalue weighted by molar-refractivity contribution is -0.147. The maximum atomic E-state index is 14.6. The van der Waals surface area contributed by atoms with Gasteiger partial charge in [-0.05, 0) is 54.4 Å². The first-order valence-corrected chi connectivity index (χ1v) is 18.7. The summed E-state index contributed by atoms with van der Waals surface area (Å²) in [7, 11) is 0. The predicted octanol–water partition coefficient (Wildman–Crippen LogP) is 7.71. The molecule has 0 saturated heterocycles. The van der Waals surface area contributed by atoms with E-state index in [1.54, 1.807) is 13.8 Å². The van der Waals surface area contributed by atoms with E-state index in [0.29, 0.717) is 17.3 Å². The van der Waals surface area contributed by atoms with Crippen LogP contribution in [0.3, 0.4) is 0 Å². The molecule has 13 heteroatoms. The number of benzene rings is 1. The molecule has 2 aromatic heterocycles. The van der Waals surface area contributed by atoms with Crippen molar-refractivity contribution in [1.82, 2.24) is 19.5 Å². The number of hydrogen-bond acceptors (Lipinski definition) is 10. The number of H-pyrrole nitrogens is 1. The van der Waals surface area contributed by atoms with Crippen LogP contribution in [0.4, 0.5) is 4.79 Å². The molecule has 4 rings (SSSR count). The number of hydrogen-bond donors (Lipinski definition) is 1. The number of aromatic amines is 1. The molecule has 1 aliphatic carbocycles. The van der Waals surface area contributed by atoms with E-state index in [1.165, 1.54) is 4.52 Å². The molecule has 1 fully saturated rings. The van der Waals surface area contributed by atoms with Gasteiger partial charge in [0.1, 0.15) is 36.4 Å². The normalized spacial score (nSPS) is 19.2. The van der Waals surface area contributed by atoms with Gasteiger partial charge in [0, 0.05) is 17.4 Å². The molecule has 0 spiro atoms. The van der Waals surface area contributed by atoms with Crippen LogP contribution in [-0.4, -0.2) is 75.9 Å². The number of carbonyl (C=O) groups is 4. The first-order chi connectivity index (χ1) is 25.1. The summed E-state index contributed by atoms with van der Waals surface area (Å²) in [5.74, 6) is -1.91. The molecule has 0 radical (unpaired) electrons. The number of amides is 1. The largest absolute Gasteiger partial charge is 0.465 e. The monoisotopic (exact) mass is 747 g/mol. The van der Waals surface area contributed by atoms with Gasteiger partial charge >= 0.3 is 24.0 Å². The number of nitriles is 1. The van der Waals surface area contributed by atoms with Gasteiger partial charge in [0.2, 0.25) is 5.88 Å². The summed E-state index contributed by atoms with van der Waals surface area (Å²) in [6.45, 7) is 23.5. The Bertz CT molecular complexity index is 1840. The lowest BCUT2D eigenvalue weighted by Crippen LogP contribution is -2.49. The van der Waals surface area contributed by atoms with Crippen LogP contribution in [0, 0.1) is 39.9 Å². The van der Waals surface area contributed by atoms with E-state index in [-0.39, 0.29) is 63.9 Å². The lowest BCUT2D eigenvalue weighted by Gasteiger charge is -2.50. The number of rotatable bonds is 10. The predicted molar refractivity (Wildman–Crippen MR) is 203 cm³/mol. The fraction of sp³-hybridized carbons (Fsp3) is 0.610. The second-order valence-corrected chi connectivity index (χ2v) is 17.5. The molecule has 1 saturated carbocycles. The summed E-state index contributed by atoms with van der Waals surface area (Å²) in [4.78, 5) is 57.3. The molecule has 2 unspecified atom stereocenters. The van der Waals surface area contributed by atoms with E-state index >= 15 is 0 Å². The Hall–Kier alpha value is -4.86. The van der Waals surface area contributed by atoms with Gasteiger partial charge in [0.15, 0.2) is 11.5 Å². The third kappa shape index (κ3) is 9.43. The Kier molecular flexibility index (Phi) is 12.6. The molecule has 13 nitrogen and oxygen atoms in total. The quantitative estimate of drug-likeness (QED) is 0.160. The minimum absolute atomic E-state index is 0.0216. The summed E-state index contributed by atoms with van der Waals surface area (Å²) in [6, 6.07) is 9.78. The molecule has 0 aliphatic heterocycles. The van der Waals surface area contributed by atoms with Crippen molar-refractivity contribution in [3.8, 4) is 23.3 Å². The standard InChI is InChI=1S/C41H57N5O8/c1-13-51-30(47)22-45(23-31(48)52-14-2)38(50)54-36-27(21-42)32(35-43-34(44-46(35)36)25-15-17-26(18-16-25)39(4,5)6)37(49)53-33-28(40(7,8)9)19-24(3)20-29(33)41(10,11)12/h15-18,24,28-29,33H,13-14,19-20,22-23H2,1-12H3,(H,43,44). The summed E-state index contributed by atoms with van der Waals surface area (Å²) in [6.07, 6.45) is 0.0943. The van der Waals surface area contributed by atoms with E-state index in [2.05, 4.69) is 79.3 Å². The fourth-order valence-electron chi connectivity index (χ4n) is 7.25. The Morgan fingerprint density at radius 2 is 1.41 bits per heavy atom. The SMILES string of the molecule is CCOC(=O)CN(CC(=O)OCC)C(=O)Oc1c(C#N)c(C(=O)OC2C(C(C)(C)C)CC(C)CC2C(C)(C)C)c2[nH]c(-c3ccc(C(C)(C)C)cc3)nn12. The van der Waals surface area contributed by atoms with Crippen molar-refractivity contribution in [1.29, 1.82) is 5.26 Å². The van der Waals surface area contributed by atoms with Gasteiger partial charge in [-0.1, -0.05) is 93.5 Å². The van der Waals surface area contributed by atoms with Crippen molar-refractivity contribution in [2.45, 2.75) is 107 Å². The second-order valence-electron chi connectivity index (χ2n) is 17.5. The minimum Gasteiger partial charge on any atom is -0.465 e. The number of carbonyl (C=O) groups excluding carboxylic acids is 4. The second kappa shape index (κ2) is 16.2. The smallest absolute Gasteiger partial charge is 0.417 e. The number of fused-ring (bicyclic) bond motifs is 1. The summed E-state index contributed by atoms with van der Waals surface area (Å²) in [5, 5.41) is 15.2. The number of nitrogens with zero attached hydrogens (tertiary/aromatic N) is 4. The van der Waals surface area contributed by atoms with Gasteiger partial charge in [0.05, 0.1) is 13.2 Å². The zero-order chi connectivity index (χ0) is 40.3. The fourth-order valence-corrected chi connectivity index (χ4v) is 7.25. The average Bonchev–Trinajstić information content (AvgIpc) is 3.61. The van der Waals surface area contributed by atoms with Crippen molar-refractivity contribution in [3.05, 3.63) is 41.0 Å². The van der Waals surface area contributed by atoms with E-state index in [4.69, 9.17) is 18.9 Å². The van der Waals surface area contributed by atoms with E-state index in [9.17, 15) is 24.4 Å². The third-order valence-corrected chi connectivity index (χ3v) is 10.1. The summed E-state index contributed by atoms with van der Waals surface area (Å²) < 4.78 is 23.5. The molecular weight excluding hydrogens is 690 g/mol. The van der Waals surface area contributed by atoms with E-state index in [1.807, 2.05) is 30.3 Å². The van der Waals surface area contributed by atoms with Crippen LogP contribution < -0.4 is 4.74 Å². The van der Waals surface area contributed by atoms with Crippen molar-refractivity contribution < 1.29 is 38.1 Å². The van der Waals surface area contributed by atoms with Gasteiger partial charge in [0.25, 0.3) is 0 Å².